The molecule has 0 heterocycles. The van der Waals surface area contributed by atoms with E-state index in [0.717, 1.165) is 40.5 Å². The molecule has 0 atom stereocenters. The quantitative estimate of drug-likeness (QED) is 0.559. The lowest BCUT2D eigenvalue weighted by atomic mass is 9.98. The molecule has 0 spiro atoms. The van der Waals surface area contributed by atoms with Crippen LogP contribution in [0.4, 0.5) is 10.5 Å². The smallest absolute Gasteiger partial charge is 0.411 e. The van der Waals surface area contributed by atoms with Gasteiger partial charge in [0.05, 0.1) is 16.1 Å². The van der Waals surface area contributed by atoms with Gasteiger partial charge in [0.15, 0.2) is 0 Å². The van der Waals surface area contributed by atoms with Gasteiger partial charge in [0.25, 0.3) is 0 Å². The van der Waals surface area contributed by atoms with Crippen LogP contribution in [0.5, 0.6) is 0 Å². The molecule has 3 aromatic carbocycles. The number of amides is 1. The third kappa shape index (κ3) is 4.00. The summed E-state index contributed by atoms with van der Waals surface area (Å²) in [5.74, 6) is -1.51. The van der Waals surface area contributed by atoms with Crippen LogP contribution in [0, 0.1) is 0 Å². The Morgan fingerprint density at radius 1 is 0.968 bits per heavy atom. The van der Waals surface area contributed by atoms with E-state index in [4.69, 9.17) is 9.88 Å². The first-order chi connectivity index (χ1) is 14.8. The Labute approximate surface area is 178 Å². The zero-order valence-corrected chi connectivity index (χ0v) is 16.9. The number of hydrogen-bond acceptors (Lipinski definition) is 5. The number of fused-ring (bicyclic) bond motifs is 3. The fourth-order valence-corrected chi connectivity index (χ4v) is 4.27. The monoisotopic (exact) mass is 438 g/mol. The van der Waals surface area contributed by atoms with Gasteiger partial charge in [-0.2, -0.15) is 0 Å². The molecule has 0 unspecified atom stereocenters. The lowest BCUT2D eigenvalue weighted by molar-refractivity contribution is 0.0698. The molecule has 0 aromatic heterocycles. The average molecular weight is 438 g/mol. The normalized spacial score (nSPS) is 12.7. The number of nitrogens with two attached hydrogens (primary N) is 1. The number of carboxylic acid groups (broad SMARTS) is 1. The molecule has 4 N–H and O–H groups in total. The Hall–Kier alpha value is -3.69. The van der Waals surface area contributed by atoms with Gasteiger partial charge in [-0.05, 0) is 40.5 Å². The first-order valence-electron chi connectivity index (χ1n) is 9.28. The second-order valence-corrected chi connectivity index (χ2v) is 8.57. The number of primary sulfonamides is 1. The van der Waals surface area contributed by atoms with Crippen molar-refractivity contribution in [2.45, 2.75) is 10.8 Å². The predicted octanol–water partition coefficient (Wildman–Crippen LogP) is 3.39. The molecule has 0 aliphatic heterocycles. The fraction of sp³-hybridized carbons (Fsp3) is 0.0909. The molecule has 31 heavy (non-hydrogen) atoms. The first-order valence-corrected chi connectivity index (χ1v) is 10.8. The highest BCUT2D eigenvalue weighted by Gasteiger charge is 2.29. The van der Waals surface area contributed by atoms with E-state index >= 15 is 0 Å². The Morgan fingerprint density at radius 2 is 1.55 bits per heavy atom. The van der Waals surface area contributed by atoms with E-state index < -0.39 is 22.1 Å². The Bertz CT molecular complexity index is 1260. The van der Waals surface area contributed by atoms with Gasteiger partial charge in [0.2, 0.25) is 10.0 Å². The Balaban J connectivity index is 1.55. The summed E-state index contributed by atoms with van der Waals surface area (Å²) in [7, 11) is -4.08. The van der Waals surface area contributed by atoms with E-state index in [1.807, 2.05) is 48.5 Å². The van der Waals surface area contributed by atoms with Crippen molar-refractivity contribution in [2.24, 2.45) is 5.14 Å². The number of sulfonamides is 1. The number of hydrogen-bond donors (Lipinski definition) is 3. The van der Waals surface area contributed by atoms with E-state index in [9.17, 15) is 23.1 Å². The van der Waals surface area contributed by atoms with Crippen LogP contribution in [-0.2, 0) is 14.8 Å². The van der Waals surface area contributed by atoms with Crippen LogP contribution >= 0.6 is 0 Å². The van der Waals surface area contributed by atoms with Gasteiger partial charge < -0.3 is 9.84 Å². The van der Waals surface area contributed by atoms with Crippen LogP contribution in [0.1, 0.15) is 27.4 Å². The van der Waals surface area contributed by atoms with Crippen molar-refractivity contribution in [3.05, 3.63) is 83.4 Å². The standard InChI is InChI=1S/C22H18N2O6S/c23-31(28,29)13-9-10-18(21(25)26)20(11-13)24-22(27)30-12-19-16-7-3-1-5-14(16)15-6-2-4-8-17(15)19/h1-11,19H,12H2,(H,24,27)(H,25,26)(H2,23,28,29). The Kier molecular flexibility index (Phi) is 5.22. The molecule has 158 valence electrons. The van der Waals surface area contributed by atoms with Crippen LogP contribution in [0.15, 0.2) is 71.6 Å². The number of carbonyl (C=O) groups is 2. The zero-order valence-electron chi connectivity index (χ0n) is 16.1. The Morgan fingerprint density at radius 3 is 2.10 bits per heavy atom. The van der Waals surface area contributed by atoms with E-state index in [2.05, 4.69) is 5.32 Å². The van der Waals surface area contributed by atoms with Gasteiger partial charge in [-0.3, -0.25) is 5.32 Å². The van der Waals surface area contributed by atoms with Gasteiger partial charge in [-0.15, -0.1) is 0 Å². The molecule has 0 fully saturated rings. The van der Waals surface area contributed by atoms with Crippen molar-refractivity contribution in [2.75, 3.05) is 11.9 Å². The molecule has 1 amide bonds. The summed E-state index contributed by atoms with van der Waals surface area (Å²) in [4.78, 5) is 23.5. The number of rotatable bonds is 5. The minimum Gasteiger partial charge on any atom is -0.478 e. The summed E-state index contributed by atoms with van der Waals surface area (Å²) >= 11 is 0. The highest BCUT2D eigenvalue weighted by molar-refractivity contribution is 7.89. The molecule has 1 aliphatic carbocycles. The minimum absolute atomic E-state index is 0.0249. The average Bonchev–Trinajstić information content (AvgIpc) is 3.05. The molecule has 8 nitrogen and oxygen atoms in total. The first kappa shape index (κ1) is 20.6. The highest BCUT2D eigenvalue weighted by Crippen LogP contribution is 2.44. The van der Waals surface area contributed by atoms with Crippen molar-refractivity contribution in [3.8, 4) is 11.1 Å². The van der Waals surface area contributed by atoms with Crippen molar-refractivity contribution in [1.29, 1.82) is 0 Å². The van der Waals surface area contributed by atoms with Crippen molar-refractivity contribution in [1.82, 2.24) is 0 Å². The summed E-state index contributed by atoms with van der Waals surface area (Å²) in [6.07, 6.45) is -0.907. The van der Waals surface area contributed by atoms with E-state index in [0.29, 0.717) is 0 Å². The van der Waals surface area contributed by atoms with Gasteiger partial charge in [0, 0.05) is 5.92 Å². The van der Waals surface area contributed by atoms with Crippen LogP contribution in [0.25, 0.3) is 11.1 Å². The minimum atomic E-state index is -4.08. The number of nitrogens with one attached hydrogen (secondary N) is 1. The predicted molar refractivity (Wildman–Crippen MR) is 113 cm³/mol. The molecular weight excluding hydrogens is 420 g/mol. The lowest BCUT2D eigenvalue weighted by Crippen LogP contribution is -2.20. The molecule has 0 radical (unpaired) electrons. The van der Waals surface area contributed by atoms with Crippen LogP contribution in [0.2, 0.25) is 0 Å². The van der Waals surface area contributed by atoms with E-state index in [1.165, 1.54) is 0 Å². The SMILES string of the molecule is NS(=O)(=O)c1ccc(C(=O)O)c(NC(=O)OCC2c3ccccc3-c3ccccc32)c1. The molecule has 0 saturated carbocycles. The molecular formula is C22H18N2O6S. The summed E-state index contributed by atoms with van der Waals surface area (Å²) in [6.45, 7) is 0.0249. The van der Waals surface area contributed by atoms with Crippen LogP contribution < -0.4 is 10.5 Å². The number of ether oxygens (including phenoxy) is 1. The van der Waals surface area contributed by atoms with E-state index in [-0.39, 0.29) is 28.7 Å². The summed E-state index contributed by atoms with van der Waals surface area (Å²) in [5.41, 5.74) is 3.68. The largest absolute Gasteiger partial charge is 0.478 e. The third-order valence-corrected chi connectivity index (χ3v) is 6.04. The van der Waals surface area contributed by atoms with Gasteiger partial charge in [0.1, 0.15) is 6.61 Å². The number of benzene rings is 3. The maximum Gasteiger partial charge on any atom is 0.411 e. The highest BCUT2D eigenvalue weighted by atomic mass is 32.2. The molecule has 0 bridgehead atoms. The topological polar surface area (TPSA) is 136 Å². The molecule has 9 heteroatoms. The zero-order chi connectivity index (χ0) is 22.2. The number of carbonyl (C=O) groups excluding carboxylic acids is 1. The van der Waals surface area contributed by atoms with Gasteiger partial charge in [-0.25, -0.2) is 23.1 Å². The molecule has 0 saturated heterocycles. The van der Waals surface area contributed by atoms with Crippen LogP contribution in [-0.4, -0.2) is 32.2 Å². The van der Waals surface area contributed by atoms with Crippen molar-refractivity contribution >= 4 is 27.8 Å². The second kappa shape index (κ2) is 7.86. The molecule has 3 aromatic rings. The maximum absolute atomic E-state index is 12.4. The molecule has 1 aliphatic rings. The number of anilines is 1. The summed E-state index contributed by atoms with van der Waals surface area (Å²) < 4.78 is 28.5. The maximum atomic E-state index is 12.4. The molecule has 4 rings (SSSR count). The number of carboxylic acids is 1. The summed E-state index contributed by atoms with van der Waals surface area (Å²) in [6, 6.07) is 18.8. The van der Waals surface area contributed by atoms with Crippen molar-refractivity contribution in [3.63, 3.8) is 0 Å². The fourth-order valence-electron chi connectivity index (χ4n) is 3.73. The lowest BCUT2D eigenvalue weighted by Gasteiger charge is -2.15. The third-order valence-electron chi connectivity index (χ3n) is 5.13. The van der Waals surface area contributed by atoms with Gasteiger partial charge >= 0.3 is 12.1 Å². The van der Waals surface area contributed by atoms with Crippen LogP contribution in [0.3, 0.4) is 0 Å². The summed E-state index contributed by atoms with van der Waals surface area (Å²) in [5, 5.41) is 16.7. The number of aromatic carboxylic acids is 1. The second-order valence-electron chi connectivity index (χ2n) is 7.01. The van der Waals surface area contributed by atoms with Gasteiger partial charge in [-0.1, -0.05) is 48.5 Å². The van der Waals surface area contributed by atoms with E-state index in [1.54, 1.807) is 0 Å². The van der Waals surface area contributed by atoms with Crippen molar-refractivity contribution < 1.29 is 27.9 Å².